The smallest absolute Gasteiger partial charge is 0.239 e. The third-order valence-electron chi connectivity index (χ3n) is 4.78. The van der Waals surface area contributed by atoms with Crippen LogP contribution >= 0.6 is 24.0 Å². The van der Waals surface area contributed by atoms with Crippen LogP contribution in [0.4, 0.5) is 14.5 Å². The van der Waals surface area contributed by atoms with Crippen LogP contribution in [0.2, 0.25) is 0 Å². The van der Waals surface area contributed by atoms with Gasteiger partial charge in [-0.05, 0) is 17.7 Å². The molecule has 2 aromatic carbocycles. The van der Waals surface area contributed by atoms with E-state index in [2.05, 4.69) is 15.6 Å². The topological polar surface area (TPSA) is 60.0 Å². The maximum absolute atomic E-state index is 14.0. The molecule has 2 N–H and O–H groups in total. The fourth-order valence-electron chi connectivity index (χ4n) is 3.24. The zero-order chi connectivity index (χ0) is 20.6. The van der Waals surface area contributed by atoms with Crippen molar-refractivity contribution in [2.75, 3.05) is 44.7 Å². The van der Waals surface area contributed by atoms with Crippen molar-refractivity contribution in [2.45, 2.75) is 6.54 Å². The Morgan fingerprint density at radius 2 is 1.73 bits per heavy atom. The first-order valence-corrected chi connectivity index (χ1v) is 9.53. The number of piperazine rings is 1. The molecule has 1 fully saturated rings. The van der Waals surface area contributed by atoms with Gasteiger partial charge >= 0.3 is 0 Å². The van der Waals surface area contributed by atoms with Crippen molar-refractivity contribution in [1.29, 1.82) is 0 Å². The molecule has 162 valence electrons. The monoisotopic (exact) mass is 529 g/mol. The molecule has 0 aliphatic carbocycles. The van der Waals surface area contributed by atoms with E-state index < -0.39 is 11.6 Å². The predicted octanol–water partition coefficient (Wildman–Crippen LogP) is 2.60. The fraction of sp³-hybridized carbons (Fsp3) is 0.333. The summed E-state index contributed by atoms with van der Waals surface area (Å²) in [5, 5.41) is 5.92. The van der Waals surface area contributed by atoms with Gasteiger partial charge in [0.2, 0.25) is 5.91 Å². The second-order valence-electron chi connectivity index (χ2n) is 6.73. The van der Waals surface area contributed by atoms with Crippen LogP contribution in [0.15, 0.2) is 53.5 Å². The van der Waals surface area contributed by atoms with Gasteiger partial charge in [0.05, 0.1) is 12.2 Å². The van der Waals surface area contributed by atoms with Crippen molar-refractivity contribution in [3.63, 3.8) is 0 Å². The number of hydrogen-bond donors (Lipinski definition) is 2. The summed E-state index contributed by atoms with van der Waals surface area (Å²) in [6.07, 6.45) is 0. The van der Waals surface area contributed by atoms with Crippen LogP contribution in [0.1, 0.15) is 5.56 Å². The summed E-state index contributed by atoms with van der Waals surface area (Å²) in [5.74, 6) is -0.407. The first-order valence-electron chi connectivity index (χ1n) is 9.53. The molecule has 0 unspecified atom stereocenters. The van der Waals surface area contributed by atoms with Crippen molar-refractivity contribution < 1.29 is 13.6 Å². The number of carbonyl (C=O) groups is 1. The lowest BCUT2D eigenvalue weighted by atomic mass is 10.2. The predicted molar refractivity (Wildman–Crippen MR) is 125 cm³/mol. The van der Waals surface area contributed by atoms with Gasteiger partial charge in [-0.25, -0.2) is 8.78 Å². The van der Waals surface area contributed by atoms with E-state index in [1.807, 2.05) is 40.1 Å². The number of benzene rings is 2. The third kappa shape index (κ3) is 6.54. The van der Waals surface area contributed by atoms with Gasteiger partial charge in [0.15, 0.2) is 5.96 Å². The minimum atomic E-state index is -0.456. The molecule has 0 saturated carbocycles. The Morgan fingerprint density at radius 3 is 2.40 bits per heavy atom. The van der Waals surface area contributed by atoms with Crippen molar-refractivity contribution in [1.82, 2.24) is 15.5 Å². The van der Waals surface area contributed by atoms with E-state index in [1.165, 1.54) is 6.07 Å². The van der Waals surface area contributed by atoms with Gasteiger partial charge < -0.3 is 20.4 Å². The Balaban J connectivity index is 0.00000320. The Bertz CT molecular complexity index is 858. The highest BCUT2D eigenvalue weighted by Crippen LogP contribution is 2.21. The van der Waals surface area contributed by atoms with E-state index in [0.717, 1.165) is 17.7 Å². The SMILES string of the molecule is CN=C(NCC(=O)NCc1ccccc1)N1CCN(c2cc(F)ccc2F)CC1.I. The molecule has 0 radical (unpaired) electrons. The Morgan fingerprint density at radius 1 is 1.03 bits per heavy atom. The molecule has 30 heavy (non-hydrogen) atoms. The van der Waals surface area contributed by atoms with Crippen LogP contribution < -0.4 is 15.5 Å². The van der Waals surface area contributed by atoms with Crippen LogP contribution in [-0.2, 0) is 11.3 Å². The van der Waals surface area contributed by atoms with Gasteiger partial charge in [-0.1, -0.05) is 30.3 Å². The number of aliphatic imine (C=N–C) groups is 1. The normalized spacial score (nSPS) is 14.2. The molecule has 1 saturated heterocycles. The number of rotatable bonds is 5. The van der Waals surface area contributed by atoms with Crippen molar-refractivity contribution in [2.24, 2.45) is 4.99 Å². The second-order valence-corrected chi connectivity index (χ2v) is 6.73. The molecule has 9 heteroatoms. The van der Waals surface area contributed by atoms with E-state index in [9.17, 15) is 13.6 Å². The molecule has 3 rings (SSSR count). The molecule has 2 aromatic rings. The first-order chi connectivity index (χ1) is 14.1. The molecule has 0 aromatic heterocycles. The minimum Gasteiger partial charge on any atom is -0.366 e. The van der Waals surface area contributed by atoms with Crippen LogP contribution in [0.5, 0.6) is 0 Å². The molecule has 1 amide bonds. The van der Waals surface area contributed by atoms with E-state index in [0.29, 0.717) is 38.7 Å². The highest BCUT2D eigenvalue weighted by atomic mass is 127. The molecule has 1 aliphatic heterocycles. The quantitative estimate of drug-likeness (QED) is 0.356. The van der Waals surface area contributed by atoms with Crippen LogP contribution in [-0.4, -0.2) is 56.5 Å². The Kier molecular flexibility index (Phi) is 9.28. The lowest BCUT2D eigenvalue weighted by molar-refractivity contribution is -0.120. The number of nitrogens with one attached hydrogen (secondary N) is 2. The zero-order valence-corrected chi connectivity index (χ0v) is 19.1. The number of halogens is 3. The number of amides is 1. The Labute approximate surface area is 192 Å². The van der Waals surface area contributed by atoms with Gasteiger partial charge in [-0.15, -0.1) is 24.0 Å². The summed E-state index contributed by atoms with van der Waals surface area (Å²) in [6, 6.07) is 13.2. The summed E-state index contributed by atoms with van der Waals surface area (Å²) in [7, 11) is 1.66. The maximum Gasteiger partial charge on any atom is 0.239 e. The standard InChI is InChI=1S/C21H25F2N5O.HI/c1-24-21(26-15-20(29)25-14-16-5-3-2-4-6-16)28-11-9-27(10-12-28)19-13-17(22)7-8-18(19)23;/h2-8,13H,9-12,14-15H2,1H3,(H,24,26)(H,25,29);1H. The van der Waals surface area contributed by atoms with Crippen molar-refractivity contribution >= 4 is 41.5 Å². The van der Waals surface area contributed by atoms with Gasteiger partial charge in [0.25, 0.3) is 0 Å². The first kappa shape index (κ1) is 23.8. The van der Waals surface area contributed by atoms with Gasteiger partial charge in [-0.2, -0.15) is 0 Å². The number of anilines is 1. The summed E-state index contributed by atoms with van der Waals surface area (Å²) < 4.78 is 27.4. The van der Waals surface area contributed by atoms with Crippen LogP contribution in [0.3, 0.4) is 0 Å². The van der Waals surface area contributed by atoms with Crippen molar-refractivity contribution in [3.8, 4) is 0 Å². The largest absolute Gasteiger partial charge is 0.366 e. The van der Waals surface area contributed by atoms with Gasteiger partial charge in [0, 0.05) is 45.8 Å². The van der Waals surface area contributed by atoms with E-state index in [1.54, 1.807) is 7.05 Å². The summed E-state index contributed by atoms with van der Waals surface area (Å²) in [5.41, 5.74) is 1.30. The van der Waals surface area contributed by atoms with Crippen LogP contribution in [0.25, 0.3) is 0 Å². The average molecular weight is 529 g/mol. The average Bonchev–Trinajstić information content (AvgIpc) is 2.75. The van der Waals surface area contributed by atoms with Gasteiger partial charge in [-0.3, -0.25) is 9.79 Å². The Hall–Kier alpha value is -2.43. The number of hydrogen-bond acceptors (Lipinski definition) is 3. The molecule has 0 atom stereocenters. The summed E-state index contributed by atoms with van der Waals surface area (Å²) in [6.45, 7) is 2.81. The highest BCUT2D eigenvalue weighted by Gasteiger charge is 2.22. The van der Waals surface area contributed by atoms with Gasteiger partial charge in [0.1, 0.15) is 11.6 Å². The lowest BCUT2D eigenvalue weighted by Crippen LogP contribution is -2.53. The maximum atomic E-state index is 14.0. The number of guanidine groups is 1. The molecule has 1 heterocycles. The highest BCUT2D eigenvalue weighted by molar-refractivity contribution is 14.0. The van der Waals surface area contributed by atoms with E-state index >= 15 is 0 Å². The van der Waals surface area contributed by atoms with E-state index in [-0.39, 0.29) is 42.1 Å². The number of carbonyl (C=O) groups excluding carboxylic acids is 1. The molecule has 0 bridgehead atoms. The minimum absolute atomic E-state index is 0. The van der Waals surface area contributed by atoms with E-state index in [4.69, 9.17) is 0 Å². The molecule has 6 nitrogen and oxygen atoms in total. The summed E-state index contributed by atoms with van der Waals surface area (Å²) in [4.78, 5) is 20.1. The fourth-order valence-corrected chi connectivity index (χ4v) is 3.24. The lowest BCUT2D eigenvalue weighted by Gasteiger charge is -2.37. The van der Waals surface area contributed by atoms with Crippen LogP contribution in [0, 0.1) is 11.6 Å². The summed E-state index contributed by atoms with van der Waals surface area (Å²) >= 11 is 0. The molecular formula is C21H26F2IN5O. The molecule has 0 spiro atoms. The third-order valence-corrected chi connectivity index (χ3v) is 4.78. The molecular weight excluding hydrogens is 503 g/mol. The second kappa shape index (κ2) is 11.7. The number of nitrogens with zero attached hydrogens (tertiary/aromatic N) is 3. The molecule has 1 aliphatic rings. The van der Waals surface area contributed by atoms with Crippen molar-refractivity contribution in [3.05, 3.63) is 65.7 Å². The zero-order valence-electron chi connectivity index (χ0n) is 16.8.